The van der Waals surface area contributed by atoms with Crippen LogP contribution in [0.4, 0.5) is 0 Å². The molecule has 1 saturated heterocycles. The lowest BCUT2D eigenvalue weighted by molar-refractivity contribution is -0.145. The van der Waals surface area contributed by atoms with Crippen molar-refractivity contribution < 1.29 is 28.6 Å². The Kier molecular flexibility index (Phi) is 6.17. The third kappa shape index (κ3) is 5.05. The second-order valence-electron chi connectivity index (χ2n) is 6.43. The fraction of sp³-hybridized carbons (Fsp3) is 0.526. The van der Waals surface area contributed by atoms with Crippen molar-refractivity contribution in [3.8, 4) is 0 Å². The summed E-state index contributed by atoms with van der Waals surface area (Å²) in [5.41, 5.74) is 2.19. The Morgan fingerprint density at radius 2 is 2.04 bits per heavy atom. The number of ether oxygens (including phenoxy) is 3. The molecule has 1 aliphatic heterocycles. The Morgan fingerprint density at radius 3 is 2.68 bits per heavy atom. The quantitative estimate of drug-likeness (QED) is 0.338. The van der Waals surface area contributed by atoms with Gasteiger partial charge >= 0.3 is 17.9 Å². The Hall–Kier alpha value is -2.37. The van der Waals surface area contributed by atoms with E-state index in [1.807, 2.05) is 19.1 Å². The Balaban J connectivity index is 2.30. The molecule has 1 heterocycles. The highest BCUT2D eigenvalue weighted by molar-refractivity contribution is 5.91. The van der Waals surface area contributed by atoms with Crippen LogP contribution in [-0.2, 0) is 28.6 Å². The molecule has 0 radical (unpaired) electrons. The van der Waals surface area contributed by atoms with Gasteiger partial charge in [-0.1, -0.05) is 12.7 Å². The number of allylic oxidation sites excluding steroid dienone is 1. The lowest BCUT2D eigenvalue weighted by Gasteiger charge is -2.25. The fourth-order valence-electron chi connectivity index (χ4n) is 3.06. The van der Waals surface area contributed by atoms with Crippen molar-refractivity contribution in [2.24, 2.45) is 5.92 Å². The lowest BCUT2D eigenvalue weighted by Crippen LogP contribution is -2.26. The van der Waals surface area contributed by atoms with E-state index in [0.717, 1.165) is 11.1 Å². The maximum Gasteiger partial charge on any atom is 0.334 e. The van der Waals surface area contributed by atoms with Crippen molar-refractivity contribution in [1.29, 1.82) is 0 Å². The average molecular weight is 348 g/mol. The first kappa shape index (κ1) is 19.0. The monoisotopic (exact) mass is 348 g/mol. The van der Waals surface area contributed by atoms with Crippen molar-refractivity contribution in [2.75, 3.05) is 6.61 Å². The number of esters is 3. The zero-order valence-electron chi connectivity index (χ0n) is 14.9. The van der Waals surface area contributed by atoms with Crippen molar-refractivity contribution >= 4 is 17.9 Å². The van der Waals surface area contributed by atoms with E-state index in [2.05, 4.69) is 6.58 Å². The molecule has 0 bridgehead atoms. The first-order valence-electron chi connectivity index (χ1n) is 8.34. The number of carbonyl (C=O) groups excluding carboxylic acids is 3. The van der Waals surface area contributed by atoms with E-state index >= 15 is 0 Å². The average Bonchev–Trinajstić information content (AvgIpc) is 2.78. The van der Waals surface area contributed by atoms with Crippen LogP contribution >= 0.6 is 0 Å². The van der Waals surface area contributed by atoms with Crippen molar-refractivity contribution in [1.82, 2.24) is 0 Å². The molecule has 6 heteroatoms. The molecule has 6 nitrogen and oxygen atoms in total. The van der Waals surface area contributed by atoms with Gasteiger partial charge in [0.2, 0.25) is 0 Å². The summed E-state index contributed by atoms with van der Waals surface area (Å²) in [6.07, 6.45) is 4.73. The minimum atomic E-state index is -0.491. The predicted molar refractivity (Wildman–Crippen MR) is 90.4 cm³/mol. The second kappa shape index (κ2) is 8.14. The molecule has 1 aliphatic carbocycles. The van der Waals surface area contributed by atoms with Gasteiger partial charge in [-0.15, -0.1) is 0 Å². The van der Waals surface area contributed by atoms with Crippen LogP contribution in [0.15, 0.2) is 35.5 Å². The van der Waals surface area contributed by atoms with Gasteiger partial charge < -0.3 is 14.2 Å². The van der Waals surface area contributed by atoms with E-state index in [9.17, 15) is 14.4 Å². The molecular formula is C19H24O6. The Labute approximate surface area is 147 Å². The van der Waals surface area contributed by atoms with E-state index in [1.54, 1.807) is 0 Å². The maximum atomic E-state index is 12.0. The molecule has 0 spiro atoms. The van der Waals surface area contributed by atoms with Crippen LogP contribution in [0.25, 0.3) is 0 Å². The largest absolute Gasteiger partial charge is 0.461 e. The van der Waals surface area contributed by atoms with E-state index in [0.29, 0.717) is 24.8 Å². The summed E-state index contributed by atoms with van der Waals surface area (Å²) in [4.78, 5) is 34.5. The summed E-state index contributed by atoms with van der Waals surface area (Å²) in [6, 6.07) is 0. The standard InChI is InChI=1S/C19H24O6/c1-11-6-5-7-15(10-23-13(3)20)8-18-16(12(2)19(22)25-18)9-17(11)24-14(4)21/h6,8,16-18H,2,5,7,9-10H2,1,3-4H3/b11-6+,15-8-/t16-,17+,18-/m0/s1. The summed E-state index contributed by atoms with van der Waals surface area (Å²) in [5.74, 6) is -1.46. The summed E-state index contributed by atoms with van der Waals surface area (Å²) in [7, 11) is 0. The molecule has 0 unspecified atom stereocenters. The molecule has 2 aliphatic rings. The minimum Gasteiger partial charge on any atom is -0.461 e. The van der Waals surface area contributed by atoms with Crippen molar-refractivity contribution in [2.45, 2.75) is 52.2 Å². The number of hydrogen-bond donors (Lipinski definition) is 0. The molecule has 0 aromatic rings. The van der Waals surface area contributed by atoms with E-state index in [-0.39, 0.29) is 24.5 Å². The van der Waals surface area contributed by atoms with Crippen molar-refractivity contribution in [3.63, 3.8) is 0 Å². The van der Waals surface area contributed by atoms with E-state index in [4.69, 9.17) is 14.2 Å². The first-order chi connectivity index (χ1) is 11.8. The molecule has 136 valence electrons. The molecule has 0 N–H and O–H groups in total. The van der Waals surface area contributed by atoms with Gasteiger partial charge in [-0.05, 0) is 43.4 Å². The van der Waals surface area contributed by atoms with E-state index in [1.165, 1.54) is 13.8 Å². The van der Waals surface area contributed by atoms with Gasteiger partial charge in [-0.25, -0.2) is 4.79 Å². The normalized spacial score (nSPS) is 30.9. The van der Waals surface area contributed by atoms with Crippen LogP contribution < -0.4 is 0 Å². The van der Waals surface area contributed by atoms with Gasteiger partial charge in [0.05, 0.1) is 0 Å². The molecule has 0 saturated carbocycles. The lowest BCUT2D eigenvalue weighted by atomic mass is 9.86. The number of carbonyl (C=O) groups is 3. The zero-order valence-corrected chi connectivity index (χ0v) is 14.9. The van der Waals surface area contributed by atoms with Crippen LogP contribution in [0.2, 0.25) is 0 Å². The van der Waals surface area contributed by atoms with Gasteiger partial charge in [0, 0.05) is 25.3 Å². The second-order valence-corrected chi connectivity index (χ2v) is 6.43. The highest BCUT2D eigenvalue weighted by atomic mass is 16.6. The summed E-state index contributed by atoms with van der Waals surface area (Å²) in [6.45, 7) is 8.63. The van der Waals surface area contributed by atoms with E-state index < -0.39 is 18.2 Å². The first-order valence-corrected chi connectivity index (χ1v) is 8.34. The third-order valence-corrected chi connectivity index (χ3v) is 4.43. The SMILES string of the molecule is C=C1C(=O)O[C@H]2/C=C(\COC(C)=O)CC/C=C(\C)[C@H](OC(C)=O)C[C@@H]12. The molecule has 25 heavy (non-hydrogen) atoms. The maximum absolute atomic E-state index is 12.0. The molecular weight excluding hydrogens is 324 g/mol. The van der Waals surface area contributed by atoms with Crippen molar-refractivity contribution in [3.05, 3.63) is 35.5 Å². The fourth-order valence-corrected chi connectivity index (χ4v) is 3.06. The highest BCUT2D eigenvalue weighted by Crippen LogP contribution is 2.35. The number of fused-ring (bicyclic) bond motifs is 1. The summed E-state index contributed by atoms with van der Waals surface area (Å²) in [5, 5.41) is 0. The van der Waals surface area contributed by atoms with Gasteiger partial charge in [0.25, 0.3) is 0 Å². The summed E-state index contributed by atoms with van der Waals surface area (Å²) >= 11 is 0. The Morgan fingerprint density at radius 1 is 1.32 bits per heavy atom. The molecule has 0 aromatic heterocycles. The number of rotatable bonds is 3. The van der Waals surface area contributed by atoms with Crippen LogP contribution in [0.3, 0.4) is 0 Å². The molecule has 0 aromatic carbocycles. The molecule has 2 rings (SSSR count). The van der Waals surface area contributed by atoms with Crippen LogP contribution in [0.5, 0.6) is 0 Å². The third-order valence-electron chi connectivity index (χ3n) is 4.43. The molecule has 1 fully saturated rings. The highest BCUT2D eigenvalue weighted by Gasteiger charge is 2.40. The Bertz CT molecular complexity index is 642. The topological polar surface area (TPSA) is 78.9 Å². The molecule has 0 amide bonds. The number of hydrogen-bond acceptors (Lipinski definition) is 6. The molecule has 3 atom stereocenters. The summed E-state index contributed by atoms with van der Waals surface area (Å²) < 4.78 is 15.9. The van der Waals surface area contributed by atoms with Gasteiger partial charge in [-0.2, -0.15) is 0 Å². The van der Waals surface area contributed by atoms with Crippen LogP contribution in [0, 0.1) is 5.92 Å². The smallest absolute Gasteiger partial charge is 0.334 e. The van der Waals surface area contributed by atoms with Crippen LogP contribution in [0.1, 0.15) is 40.0 Å². The van der Waals surface area contributed by atoms with Crippen LogP contribution in [-0.4, -0.2) is 36.7 Å². The minimum absolute atomic E-state index is 0.169. The zero-order chi connectivity index (χ0) is 18.6. The van der Waals surface area contributed by atoms with Gasteiger partial charge in [0.1, 0.15) is 18.8 Å². The predicted octanol–water partition coefficient (Wildman–Crippen LogP) is 2.64. The van der Waals surface area contributed by atoms with Gasteiger partial charge in [0.15, 0.2) is 0 Å². The van der Waals surface area contributed by atoms with Gasteiger partial charge in [-0.3, -0.25) is 9.59 Å².